The normalized spacial score (nSPS) is 15.9. The van der Waals surface area contributed by atoms with E-state index in [0.717, 1.165) is 0 Å². The Labute approximate surface area is 125 Å². The lowest BCUT2D eigenvalue weighted by atomic mass is 9.97. The number of alkyl halides is 3. The van der Waals surface area contributed by atoms with Gasteiger partial charge in [-0.25, -0.2) is 4.79 Å². The van der Waals surface area contributed by atoms with Gasteiger partial charge in [0.15, 0.2) is 6.10 Å². The molecule has 0 spiro atoms. The van der Waals surface area contributed by atoms with E-state index in [9.17, 15) is 28.2 Å². The number of ether oxygens (including phenoxy) is 2. The number of aliphatic hydroxyl groups excluding tert-OH is 1. The maximum Gasteiger partial charge on any atom is 0.422 e. The van der Waals surface area contributed by atoms with Crippen molar-refractivity contribution in [2.75, 3.05) is 13.2 Å². The number of carbonyl (C=O) groups excluding carboxylic acids is 1. The van der Waals surface area contributed by atoms with Gasteiger partial charge >= 0.3 is 12.1 Å². The van der Waals surface area contributed by atoms with Crippen molar-refractivity contribution in [3.63, 3.8) is 0 Å². The van der Waals surface area contributed by atoms with E-state index in [2.05, 4.69) is 4.74 Å². The van der Waals surface area contributed by atoms with Crippen LogP contribution < -0.4 is 0 Å². The molecule has 2 N–H and O–H groups in total. The largest absolute Gasteiger partial charge is 0.464 e. The van der Waals surface area contributed by atoms with E-state index in [-0.39, 0.29) is 13.2 Å². The van der Waals surface area contributed by atoms with E-state index >= 15 is 0 Å². The highest BCUT2D eigenvalue weighted by Gasteiger charge is 2.61. The molecule has 0 aliphatic rings. The fourth-order valence-electron chi connectivity index (χ4n) is 1.63. The zero-order chi connectivity index (χ0) is 16.8. The van der Waals surface area contributed by atoms with Crippen LogP contribution in [0.3, 0.4) is 0 Å². The molecule has 0 radical (unpaired) electrons. The molecule has 124 valence electrons. The van der Waals surface area contributed by atoms with Gasteiger partial charge < -0.3 is 19.7 Å². The first-order valence-electron chi connectivity index (χ1n) is 6.48. The van der Waals surface area contributed by atoms with Crippen LogP contribution in [0.25, 0.3) is 0 Å². The van der Waals surface area contributed by atoms with E-state index in [1.165, 1.54) is 6.92 Å². The summed E-state index contributed by atoms with van der Waals surface area (Å²) in [7, 11) is 0. The van der Waals surface area contributed by atoms with Crippen LogP contribution in [0.1, 0.15) is 12.5 Å². The summed E-state index contributed by atoms with van der Waals surface area (Å²) in [4.78, 5) is 11.3. The van der Waals surface area contributed by atoms with E-state index < -0.39 is 30.5 Å². The molecule has 0 aliphatic carbocycles. The van der Waals surface area contributed by atoms with Crippen LogP contribution >= 0.6 is 0 Å². The Balaban J connectivity index is 2.78. The molecule has 22 heavy (non-hydrogen) atoms. The maximum atomic E-state index is 13.0. The smallest absolute Gasteiger partial charge is 0.422 e. The summed E-state index contributed by atoms with van der Waals surface area (Å²) in [5.41, 5.74) is -3.16. The lowest BCUT2D eigenvalue weighted by molar-refractivity contribution is -0.303. The maximum absolute atomic E-state index is 13.0. The van der Waals surface area contributed by atoms with Crippen molar-refractivity contribution in [1.82, 2.24) is 0 Å². The van der Waals surface area contributed by atoms with Crippen LogP contribution in [0, 0.1) is 0 Å². The van der Waals surface area contributed by atoms with Crippen molar-refractivity contribution in [2.45, 2.75) is 31.4 Å². The lowest BCUT2D eigenvalue weighted by Crippen LogP contribution is -2.60. The number of esters is 1. The van der Waals surface area contributed by atoms with Crippen LogP contribution in [0.4, 0.5) is 13.2 Å². The van der Waals surface area contributed by atoms with Gasteiger partial charge in [-0.2, -0.15) is 13.2 Å². The van der Waals surface area contributed by atoms with Gasteiger partial charge in [-0.05, 0) is 12.5 Å². The van der Waals surface area contributed by atoms with Gasteiger partial charge in [-0.15, -0.1) is 0 Å². The molecule has 0 amide bonds. The number of carbonyl (C=O) groups is 1. The average molecular weight is 322 g/mol. The minimum atomic E-state index is -5.27. The van der Waals surface area contributed by atoms with E-state index in [1.54, 1.807) is 30.3 Å². The van der Waals surface area contributed by atoms with E-state index in [1.807, 2.05) is 0 Å². The van der Waals surface area contributed by atoms with Gasteiger partial charge in [-0.1, -0.05) is 30.3 Å². The van der Waals surface area contributed by atoms with Gasteiger partial charge in [0.1, 0.15) is 0 Å². The third kappa shape index (κ3) is 4.43. The lowest BCUT2D eigenvalue weighted by Gasteiger charge is -2.33. The fourth-order valence-corrected chi connectivity index (χ4v) is 1.63. The van der Waals surface area contributed by atoms with Gasteiger partial charge in [-0.3, -0.25) is 0 Å². The number of hydrogen-bond donors (Lipinski definition) is 2. The minimum absolute atomic E-state index is 0.214. The zero-order valence-corrected chi connectivity index (χ0v) is 11.8. The van der Waals surface area contributed by atoms with Crippen LogP contribution in [0.5, 0.6) is 0 Å². The highest BCUT2D eigenvalue weighted by molar-refractivity contribution is 5.76. The Morgan fingerprint density at radius 1 is 1.27 bits per heavy atom. The van der Waals surface area contributed by atoms with Crippen LogP contribution in [-0.4, -0.2) is 47.3 Å². The number of rotatable bonds is 7. The summed E-state index contributed by atoms with van der Waals surface area (Å²) in [6.45, 7) is -0.377. The summed E-state index contributed by atoms with van der Waals surface area (Å²) in [5, 5.41) is 19.2. The molecule has 0 unspecified atom stereocenters. The first-order chi connectivity index (χ1) is 10.2. The first-order valence-corrected chi connectivity index (χ1v) is 6.48. The molecular weight excluding hydrogens is 305 g/mol. The number of aliphatic hydroxyl groups is 2. The highest BCUT2D eigenvalue weighted by atomic mass is 19.4. The summed E-state index contributed by atoms with van der Waals surface area (Å²) in [5.74, 6) is -1.56. The van der Waals surface area contributed by atoms with Crippen LogP contribution in [0.2, 0.25) is 0 Å². The summed E-state index contributed by atoms with van der Waals surface area (Å²) in [6, 6.07) is 8.30. The Morgan fingerprint density at radius 2 is 1.86 bits per heavy atom. The summed E-state index contributed by atoms with van der Waals surface area (Å²) < 4.78 is 48.1. The Morgan fingerprint density at radius 3 is 2.36 bits per heavy atom. The van der Waals surface area contributed by atoms with Gasteiger partial charge in [0.2, 0.25) is 5.60 Å². The van der Waals surface area contributed by atoms with Crippen molar-refractivity contribution in [3.05, 3.63) is 35.9 Å². The molecule has 5 nitrogen and oxygen atoms in total. The summed E-state index contributed by atoms with van der Waals surface area (Å²) in [6.07, 6.45) is -8.06. The molecular formula is C14H17F3O5. The van der Waals surface area contributed by atoms with Crippen molar-refractivity contribution in [1.29, 1.82) is 0 Å². The number of benzene rings is 1. The number of hydrogen-bond acceptors (Lipinski definition) is 5. The highest BCUT2D eigenvalue weighted by Crippen LogP contribution is 2.34. The second-order valence-electron chi connectivity index (χ2n) is 4.55. The van der Waals surface area contributed by atoms with E-state index in [4.69, 9.17) is 4.74 Å². The Bertz CT molecular complexity index is 477. The fraction of sp³-hybridized carbons (Fsp3) is 0.500. The van der Waals surface area contributed by atoms with Crippen molar-refractivity contribution in [3.8, 4) is 0 Å². The second-order valence-corrected chi connectivity index (χ2v) is 4.55. The molecule has 1 aromatic carbocycles. The van der Waals surface area contributed by atoms with Crippen LogP contribution in [-0.2, 0) is 20.9 Å². The molecule has 0 bridgehead atoms. The molecule has 2 atom stereocenters. The molecule has 0 saturated heterocycles. The topological polar surface area (TPSA) is 76.0 Å². The molecule has 1 aromatic rings. The molecule has 0 fully saturated rings. The van der Waals surface area contributed by atoms with E-state index in [0.29, 0.717) is 5.56 Å². The summed E-state index contributed by atoms with van der Waals surface area (Å²) >= 11 is 0. The van der Waals surface area contributed by atoms with Crippen molar-refractivity contribution >= 4 is 5.97 Å². The number of halogens is 3. The molecule has 0 heterocycles. The van der Waals surface area contributed by atoms with Crippen molar-refractivity contribution < 1.29 is 37.7 Å². The quantitative estimate of drug-likeness (QED) is 0.743. The van der Waals surface area contributed by atoms with Gasteiger partial charge in [0, 0.05) is 0 Å². The molecule has 0 aromatic heterocycles. The van der Waals surface area contributed by atoms with Crippen LogP contribution in [0.15, 0.2) is 30.3 Å². The van der Waals surface area contributed by atoms with Gasteiger partial charge in [0.25, 0.3) is 0 Å². The predicted octanol–water partition coefficient (Wildman–Crippen LogP) is 1.42. The second kappa shape index (κ2) is 7.57. The SMILES string of the molecule is CCOC(=O)[C@@H](O)[C@@](O)(COCc1ccccc1)C(F)(F)F. The Hall–Kier alpha value is -1.64. The molecule has 0 saturated carbocycles. The molecule has 1 rings (SSSR count). The van der Waals surface area contributed by atoms with Crippen molar-refractivity contribution in [2.24, 2.45) is 0 Å². The monoisotopic (exact) mass is 322 g/mol. The first kappa shape index (κ1) is 18.4. The third-order valence-electron chi connectivity index (χ3n) is 2.89. The average Bonchev–Trinajstić information content (AvgIpc) is 2.46. The predicted molar refractivity (Wildman–Crippen MR) is 69.7 cm³/mol. The van der Waals surface area contributed by atoms with Gasteiger partial charge in [0.05, 0.1) is 19.8 Å². The minimum Gasteiger partial charge on any atom is -0.464 e. The Kier molecular flexibility index (Phi) is 6.34. The zero-order valence-electron chi connectivity index (χ0n) is 11.8. The third-order valence-corrected chi connectivity index (χ3v) is 2.89. The standard InChI is InChI=1S/C14H17F3O5/c1-2-22-12(19)11(18)13(20,14(15,16)17)9-21-8-10-6-4-3-5-7-10/h3-7,11,18,20H,2,8-9H2,1H3/t11-,13+/m1/s1. The molecule has 0 aliphatic heterocycles. The molecule has 8 heteroatoms.